The van der Waals surface area contributed by atoms with Gasteiger partial charge in [0.1, 0.15) is 0 Å². The van der Waals surface area contributed by atoms with Crippen LogP contribution in [0.15, 0.2) is 0 Å². The van der Waals surface area contributed by atoms with Gasteiger partial charge in [0.25, 0.3) is 0 Å². The van der Waals surface area contributed by atoms with Gasteiger partial charge in [-0.2, -0.15) is 0 Å². The Kier molecular flexibility index (Phi) is 32.1. The zero-order chi connectivity index (χ0) is 17.6. The molecule has 0 aliphatic heterocycles. The van der Waals surface area contributed by atoms with Gasteiger partial charge in [-0.15, -0.1) is 0 Å². The van der Waals surface area contributed by atoms with Crippen molar-refractivity contribution in [3.05, 3.63) is 0 Å². The molecule has 0 fully saturated rings. The van der Waals surface area contributed by atoms with Crippen molar-refractivity contribution in [2.45, 2.75) is 55.4 Å². The first-order chi connectivity index (χ1) is 10.7. The summed E-state index contributed by atoms with van der Waals surface area (Å²) in [5.41, 5.74) is 0. The second kappa shape index (κ2) is 26.1. The second-order valence-electron chi connectivity index (χ2n) is 3.31. The Morgan fingerprint density at radius 2 is 0.545 bits per heavy atom. The van der Waals surface area contributed by atoms with Crippen molar-refractivity contribution < 1.29 is 26.6 Å². The van der Waals surface area contributed by atoms with E-state index >= 15 is 0 Å². The lowest BCUT2D eigenvalue weighted by atomic mass is 10.9. The molecule has 0 unspecified atom stereocenters. The summed E-state index contributed by atoms with van der Waals surface area (Å²) in [5.74, 6) is 0. The summed E-state index contributed by atoms with van der Waals surface area (Å²) in [6, 6.07) is 0. The van der Waals surface area contributed by atoms with Crippen LogP contribution in [-0.4, -0.2) is 58.7 Å². The average molecular weight is 359 g/mol. The Bertz CT molecular complexity index is 131. The maximum absolute atomic E-state index is 5.22. The van der Waals surface area contributed by atoms with Crippen LogP contribution in [0.1, 0.15) is 55.4 Å². The van der Waals surface area contributed by atoms with Crippen molar-refractivity contribution in [3.63, 3.8) is 0 Å². The van der Waals surface area contributed by atoms with Crippen LogP contribution in [0.25, 0.3) is 0 Å². The molecule has 0 aromatic heterocycles. The standard InChI is InChI=1S/2C6H16O3Si.C2H6/c2*1-4-7-10(8-5-2)9-6-3;1-2/h2*10H,4-6H2,1-3H3;1-2H3. The summed E-state index contributed by atoms with van der Waals surface area (Å²) in [7, 11) is -3.47. The maximum Gasteiger partial charge on any atom is 0.484 e. The minimum absolute atomic E-state index is 0.677. The minimum atomic E-state index is -1.73. The fourth-order valence-electron chi connectivity index (χ4n) is 1.11. The van der Waals surface area contributed by atoms with Crippen LogP contribution in [0.3, 0.4) is 0 Å². The quantitative estimate of drug-likeness (QED) is 0.500. The zero-order valence-electron chi connectivity index (χ0n) is 15.8. The largest absolute Gasteiger partial charge is 0.484 e. The topological polar surface area (TPSA) is 55.4 Å². The van der Waals surface area contributed by atoms with Crippen LogP contribution in [0, 0.1) is 0 Å². The lowest BCUT2D eigenvalue weighted by molar-refractivity contribution is 0.106. The highest BCUT2D eigenvalue weighted by Crippen LogP contribution is 1.91. The lowest BCUT2D eigenvalue weighted by Crippen LogP contribution is -2.27. The van der Waals surface area contributed by atoms with Crippen LogP contribution < -0.4 is 0 Å². The molecular weight excluding hydrogens is 320 g/mol. The highest BCUT2D eigenvalue weighted by molar-refractivity contribution is 6.36. The second-order valence-corrected chi connectivity index (χ2v) is 6.46. The van der Waals surface area contributed by atoms with Crippen LogP contribution in [0.4, 0.5) is 0 Å². The van der Waals surface area contributed by atoms with Crippen molar-refractivity contribution >= 4 is 19.1 Å². The van der Waals surface area contributed by atoms with Crippen molar-refractivity contribution in [3.8, 4) is 0 Å². The number of hydrogen-bond acceptors (Lipinski definition) is 6. The highest BCUT2D eigenvalue weighted by Gasteiger charge is 2.11. The van der Waals surface area contributed by atoms with E-state index in [2.05, 4.69) is 0 Å². The van der Waals surface area contributed by atoms with E-state index in [1.165, 1.54) is 0 Å². The summed E-state index contributed by atoms with van der Waals surface area (Å²) in [6.45, 7) is 19.7. The summed E-state index contributed by atoms with van der Waals surface area (Å²) in [6.07, 6.45) is 0. The first-order valence-electron chi connectivity index (χ1n) is 8.39. The molecule has 0 rings (SSSR count). The lowest BCUT2D eigenvalue weighted by Gasteiger charge is -2.12. The van der Waals surface area contributed by atoms with Gasteiger partial charge in [0.2, 0.25) is 0 Å². The van der Waals surface area contributed by atoms with E-state index in [9.17, 15) is 0 Å². The van der Waals surface area contributed by atoms with Crippen LogP contribution >= 0.6 is 0 Å². The molecule has 22 heavy (non-hydrogen) atoms. The van der Waals surface area contributed by atoms with Crippen LogP contribution in [0.2, 0.25) is 0 Å². The molecule has 0 radical (unpaired) electrons. The molecule has 6 nitrogen and oxygen atoms in total. The summed E-state index contributed by atoms with van der Waals surface area (Å²) in [4.78, 5) is 0. The van der Waals surface area contributed by atoms with Gasteiger partial charge in [0.05, 0.1) is 0 Å². The zero-order valence-corrected chi connectivity index (χ0v) is 18.2. The molecule has 0 aliphatic carbocycles. The minimum Gasteiger partial charge on any atom is -0.376 e. The molecule has 0 saturated heterocycles. The van der Waals surface area contributed by atoms with E-state index in [0.29, 0.717) is 39.6 Å². The van der Waals surface area contributed by atoms with Gasteiger partial charge >= 0.3 is 19.1 Å². The Morgan fingerprint density at radius 3 is 0.636 bits per heavy atom. The summed E-state index contributed by atoms with van der Waals surface area (Å²) in [5, 5.41) is 0. The predicted molar refractivity (Wildman–Crippen MR) is 95.4 cm³/mol. The van der Waals surface area contributed by atoms with E-state index in [1.54, 1.807) is 0 Å². The molecule has 0 bridgehead atoms. The third kappa shape index (κ3) is 22.5. The van der Waals surface area contributed by atoms with Gasteiger partial charge in [-0.3, -0.25) is 0 Å². The molecule has 0 aromatic rings. The molecule has 0 saturated carbocycles. The van der Waals surface area contributed by atoms with Crippen LogP contribution in [0.5, 0.6) is 0 Å². The van der Waals surface area contributed by atoms with E-state index in [1.807, 2.05) is 55.4 Å². The van der Waals surface area contributed by atoms with Crippen molar-refractivity contribution in [2.75, 3.05) is 39.6 Å². The first kappa shape index (κ1) is 27.1. The van der Waals surface area contributed by atoms with Gasteiger partial charge in [0, 0.05) is 39.6 Å². The van der Waals surface area contributed by atoms with E-state index < -0.39 is 19.1 Å². The molecule has 0 N–H and O–H groups in total. The number of hydrogen-bond donors (Lipinski definition) is 0. The maximum atomic E-state index is 5.22. The fraction of sp³-hybridized carbons (Fsp3) is 1.00. The van der Waals surface area contributed by atoms with Crippen molar-refractivity contribution in [1.82, 2.24) is 0 Å². The van der Waals surface area contributed by atoms with E-state index in [-0.39, 0.29) is 0 Å². The highest BCUT2D eigenvalue weighted by atomic mass is 28.3. The smallest absolute Gasteiger partial charge is 0.376 e. The predicted octanol–water partition coefficient (Wildman–Crippen LogP) is 2.65. The van der Waals surface area contributed by atoms with Gasteiger partial charge in [-0.25, -0.2) is 0 Å². The Morgan fingerprint density at radius 1 is 0.409 bits per heavy atom. The Hall–Kier alpha value is 0.194. The SMILES string of the molecule is CC.CCO[SiH](OCC)OCC.CCO[SiH](OCC)OCC. The first-order valence-corrected chi connectivity index (χ1v) is 11.2. The molecule has 138 valence electrons. The van der Waals surface area contributed by atoms with Gasteiger partial charge < -0.3 is 26.6 Å². The van der Waals surface area contributed by atoms with Gasteiger partial charge in [-0.05, 0) is 41.5 Å². The summed E-state index contributed by atoms with van der Waals surface area (Å²) >= 11 is 0. The van der Waals surface area contributed by atoms with Crippen molar-refractivity contribution in [1.29, 1.82) is 0 Å². The molecule has 0 amide bonds. The Labute approximate surface area is 141 Å². The third-order valence-corrected chi connectivity index (χ3v) is 5.45. The third-order valence-electron chi connectivity index (χ3n) is 1.82. The van der Waals surface area contributed by atoms with Gasteiger partial charge in [-0.1, -0.05) is 13.8 Å². The molecule has 8 heteroatoms. The Balaban J connectivity index is -0.000000294. The average Bonchev–Trinajstić information content (AvgIpc) is 2.52. The molecule has 0 spiro atoms. The molecule has 0 heterocycles. The van der Waals surface area contributed by atoms with Gasteiger partial charge in [0.15, 0.2) is 0 Å². The van der Waals surface area contributed by atoms with Crippen LogP contribution in [-0.2, 0) is 26.6 Å². The normalized spacial score (nSPS) is 10.1. The molecular formula is C14H38O6Si2. The number of rotatable bonds is 12. The summed E-state index contributed by atoms with van der Waals surface area (Å²) < 4.78 is 31.3. The van der Waals surface area contributed by atoms with E-state index in [0.717, 1.165) is 0 Å². The van der Waals surface area contributed by atoms with Crippen molar-refractivity contribution in [2.24, 2.45) is 0 Å². The molecule has 0 aliphatic rings. The molecule has 0 aromatic carbocycles. The monoisotopic (exact) mass is 358 g/mol. The van der Waals surface area contributed by atoms with E-state index in [4.69, 9.17) is 26.6 Å². The molecule has 0 atom stereocenters. The fourth-order valence-corrected chi connectivity index (χ4v) is 3.32.